The van der Waals surface area contributed by atoms with E-state index < -0.39 is 0 Å². The molecule has 0 aliphatic carbocycles. The van der Waals surface area contributed by atoms with Crippen molar-refractivity contribution in [1.82, 2.24) is 9.55 Å². The van der Waals surface area contributed by atoms with Crippen molar-refractivity contribution in [3.05, 3.63) is 12.4 Å². The van der Waals surface area contributed by atoms with Crippen molar-refractivity contribution in [2.45, 2.75) is 19.5 Å². The summed E-state index contributed by atoms with van der Waals surface area (Å²) in [6, 6.07) is 0.122. The van der Waals surface area contributed by atoms with E-state index in [2.05, 4.69) is 4.98 Å². The summed E-state index contributed by atoms with van der Waals surface area (Å²) < 4.78 is 1.82. The third kappa shape index (κ3) is 1.48. The number of imidazole rings is 1. The van der Waals surface area contributed by atoms with Gasteiger partial charge in [0.1, 0.15) is 0 Å². The number of nitrogens with zero attached hydrogens (tertiary/aromatic N) is 2. The van der Waals surface area contributed by atoms with Crippen LogP contribution in [0.5, 0.6) is 0 Å². The predicted octanol–water partition coefficient (Wildman–Crippen LogP) is -0.188. The van der Waals surface area contributed by atoms with Crippen molar-refractivity contribution in [1.29, 1.82) is 0 Å². The second kappa shape index (κ2) is 2.70. The van der Waals surface area contributed by atoms with E-state index >= 15 is 0 Å². The number of rotatable bonds is 2. The molecule has 0 unspecified atom stereocenters. The zero-order valence-corrected chi connectivity index (χ0v) is 5.99. The van der Waals surface area contributed by atoms with Crippen LogP contribution in [0.25, 0.3) is 0 Å². The van der Waals surface area contributed by atoms with Crippen molar-refractivity contribution in [3.8, 4) is 0 Å². The maximum atomic E-state index is 5.55. The molecule has 1 atom stereocenters. The molecule has 0 aliphatic rings. The largest absolute Gasteiger partial charge is 0.369 e. The second-order valence-corrected chi connectivity index (χ2v) is 2.42. The highest BCUT2D eigenvalue weighted by molar-refractivity contribution is 5.16. The van der Waals surface area contributed by atoms with Gasteiger partial charge in [0.15, 0.2) is 5.95 Å². The summed E-state index contributed by atoms with van der Waals surface area (Å²) in [7, 11) is 0. The number of hydrogen-bond donors (Lipinski definition) is 2. The van der Waals surface area contributed by atoms with E-state index in [1.165, 1.54) is 0 Å². The first kappa shape index (κ1) is 7.08. The molecule has 0 aromatic carbocycles. The van der Waals surface area contributed by atoms with Gasteiger partial charge in [0.25, 0.3) is 0 Å². The monoisotopic (exact) mass is 140 g/mol. The molecule has 1 rings (SSSR count). The number of nitrogen functional groups attached to an aromatic ring is 1. The lowest BCUT2D eigenvalue weighted by atomic mass is 10.4. The van der Waals surface area contributed by atoms with Crippen LogP contribution < -0.4 is 11.5 Å². The van der Waals surface area contributed by atoms with Crippen LogP contribution in [-0.2, 0) is 6.54 Å². The van der Waals surface area contributed by atoms with Gasteiger partial charge in [-0.15, -0.1) is 0 Å². The van der Waals surface area contributed by atoms with Gasteiger partial charge in [-0.1, -0.05) is 0 Å². The first-order valence-corrected chi connectivity index (χ1v) is 3.22. The average molecular weight is 140 g/mol. The highest BCUT2D eigenvalue weighted by Gasteiger charge is 1.98. The van der Waals surface area contributed by atoms with Crippen LogP contribution in [0.1, 0.15) is 6.92 Å². The van der Waals surface area contributed by atoms with E-state index in [1.54, 1.807) is 6.20 Å². The molecule has 0 fully saturated rings. The highest BCUT2D eigenvalue weighted by Crippen LogP contribution is 1.98. The van der Waals surface area contributed by atoms with Crippen molar-refractivity contribution < 1.29 is 0 Å². The molecule has 0 amide bonds. The molecule has 4 nitrogen and oxygen atoms in total. The van der Waals surface area contributed by atoms with Crippen LogP contribution in [0.15, 0.2) is 12.4 Å². The van der Waals surface area contributed by atoms with E-state index in [1.807, 2.05) is 17.7 Å². The van der Waals surface area contributed by atoms with Gasteiger partial charge in [0.05, 0.1) is 0 Å². The third-order valence-corrected chi connectivity index (χ3v) is 1.23. The molecule has 0 saturated carbocycles. The lowest BCUT2D eigenvalue weighted by Gasteiger charge is -2.06. The molecule has 56 valence electrons. The Morgan fingerprint density at radius 3 is 2.90 bits per heavy atom. The molecule has 0 bridgehead atoms. The number of anilines is 1. The molecule has 1 heterocycles. The topological polar surface area (TPSA) is 69.9 Å². The van der Waals surface area contributed by atoms with Gasteiger partial charge in [0, 0.05) is 25.0 Å². The van der Waals surface area contributed by atoms with E-state index in [9.17, 15) is 0 Å². The summed E-state index contributed by atoms with van der Waals surface area (Å²) in [5, 5.41) is 0. The molecule has 10 heavy (non-hydrogen) atoms. The fourth-order valence-electron chi connectivity index (χ4n) is 0.805. The summed E-state index contributed by atoms with van der Waals surface area (Å²) in [5.41, 5.74) is 11.0. The first-order chi connectivity index (χ1) is 4.70. The molecular formula is C6H12N4. The fraction of sp³-hybridized carbons (Fsp3) is 0.500. The maximum absolute atomic E-state index is 5.55. The summed E-state index contributed by atoms with van der Waals surface area (Å²) in [4.78, 5) is 3.85. The summed E-state index contributed by atoms with van der Waals surface area (Å²) in [5.74, 6) is 0.525. The average Bonchev–Trinajstić information content (AvgIpc) is 2.15. The Kier molecular flexibility index (Phi) is 1.91. The molecule has 1 aromatic rings. The fourth-order valence-corrected chi connectivity index (χ4v) is 0.805. The lowest BCUT2D eigenvalue weighted by molar-refractivity contribution is 0.596. The van der Waals surface area contributed by atoms with Gasteiger partial charge in [-0.3, -0.25) is 0 Å². The smallest absolute Gasteiger partial charge is 0.200 e. The molecule has 1 aromatic heterocycles. The second-order valence-electron chi connectivity index (χ2n) is 2.42. The van der Waals surface area contributed by atoms with Gasteiger partial charge in [-0.25, -0.2) is 4.98 Å². The quantitative estimate of drug-likeness (QED) is 0.598. The van der Waals surface area contributed by atoms with Crippen molar-refractivity contribution in [2.24, 2.45) is 5.73 Å². The number of hydrogen-bond acceptors (Lipinski definition) is 3. The molecule has 0 radical (unpaired) electrons. The molecule has 0 aliphatic heterocycles. The van der Waals surface area contributed by atoms with Gasteiger partial charge in [-0.05, 0) is 6.92 Å². The van der Waals surface area contributed by atoms with Crippen molar-refractivity contribution in [3.63, 3.8) is 0 Å². The minimum absolute atomic E-state index is 0.122. The molecular weight excluding hydrogens is 128 g/mol. The van der Waals surface area contributed by atoms with Crippen LogP contribution in [0.2, 0.25) is 0 Å². The summed E-state index contributed by atoms with van der Waals surface area (Å²) >= 11 is 0. The minimum atomic E-state index is 0.122. The maximum Gasteiger partial charge on any atom is 0.200 e. The Bertz CT molecular complexity index is 203. The molecule has 4 heteroatoms. The zero-order chi connectivity index (χ0) is 7.56. The Morgan fingerprint density at radius 1 is 1.80 bits per heavy atom. The minimum Gasteiger partial charge on any atom is -0.369 e. The van der Waals surface area contributed by atoms with Gasteiger partial charge < -0.3 is 16.0 Å². The van der Waals surface area contributed by atoms with Crippen molar-refractivity contribution >= 4 is 5.95 Å². The van der Waals surface area contributed by atoms with Crippen LogP contribution in [-0.4, -0.2) is 15.6 Å². The number of nitrogens with two attached hydrogens (primary N) is 2. The Labute approximate surface area is 59.8 Å². The Hall–Kier alpha value is -1.03. The van der Waals surface area contributed by atoms with E-state index in [-0.39, 0.29) is 6.04 Å². The number of aromatic nitrogens is 2. The van der Waals surface area contributed by atoms with Crippen molar-refractivity contribution in [2.75, 3.05) is 5.73 Å². The SMILES string of the molecule is C[C@@H](N)Cn1ccnc1N. The van der Waals surface area contributed by atoms with Crippen LogP contribution in [0.3, 0.4) is 0 Å². The van der Waals surface area contributed by atoms with E-state index in [0.717, 1.165) is 6.54 Å². The lowest BCUT2D eigenvalue weighted by Crippen LogP contribution is -2.22. The van der Waals surface area contributed by atoms with Gasteiger partial charge >= 0.3 is 0 Å². The Morgan fingerprint density at radius 2 is 2.50 bits per heavy atom. The summed E-state index contributed by atoms with van der Waals surface area (Å²) in [6.45, 7) is 2.66. The highest BCUT2D eigenvalue weighted by atomic mass is 15.1. The normalized spacial score (nSPS) is 13.4. The molecule has 4 N–H and O–H groups in total. The van der Waals surface area contributed by atoms with E-state index in [0.29, 0.717) is 5.95 Å². The zero-order valence-electron chi connectivity index (χ0n) is 5.99. The first-order valence-electron chi connectivity index (χ1n) is 3.22. The standard InChI is InChI=1S/C6H12N4/c1-5(7)4-10-3-2-9-6(10)8/h2-3,5H,4,7H2,1H3,(H2,8,9)/t5-/m1/s1. The Balaban J connectivity index is 2.65. The van der Waals surface area contributed by atoms with E-state index in [4.69, 9.17) is 11.5 Å². The molecule has 0 spiro atoms. The third-order valence-electron chi connectivity index (χ3n) is 1.23. The van der Waals surface area contributed by atoms with Gasteiger partial charge in [-0.2, -0.15) is 0 Å². The van der Waals surface area contributed by atoms with Crippen LogP contribution in [0, 0.1) is 0 Å². The van der Waals surface area contributed by atoms with Crippen LogP contribution in [0.4, 0.5) is 5.95 Å². The van der Waals surface area contributed by atoms with Crippen LogP contribution >= 0.6 is 0 Å². The van der Waals surface area contributed by atoms with Gasteiger partial charge in [0.2, 0.25) is 0 Å². The molecule has 0 saturated heterocycles. The summed E-state index contributed by atoms with van der Waals surface area (Å²) in [6.07, 6.45) is 3.48. The predicted molar refractivity (Wildman–Crippen MR) is 40.3 cm³/mol.